The zero-order valence-electron chi connectivity index (χ0n) is 10.6. The molecule has 0 radical (unpaired) electrons. The molecule has 112 valence electrons. The van der Waals surface area contributed by atoms with Crippen molar-refractivity contribution in [2.45, 2.75) is 25.9 Å². The van der Waals surface area contributed by atoms with Crippen LogP contribution in [-0.4, -0.2) is 35.3 Å². The number of rotatable bonds is 5. The second-order valence-corrected chi connectivity index (χ2v) is 4.39. The fraction of sp³-hybridized carbons (Fsp3) is 0.600. The number of carbonyl (C=O) groups excluding carboxylic acids is 2. The number of esters is 2. The SMILES string of the molecule is CCOC(=O)C(C(=O)OCC)c1nnc(C(F)(F)F)s1. The number of carbonyl (C=O) groups is 2. The molecular formula is C10H11F3N2O4S. The Balaban J connectivity index is 3.07. The van der Waals surface area contributed by atoms with Gasteiger partial charge in [0.2, 0.25) is 10.9 Å². The van der Waals surface area contributed by atoms with E-state index in [1.54, 1.807) is 0 Å². The van der Waals surface area contributed by atoms with Crippen LogP contribution in [0.2, 0.25) is 0 Å². The highest BCUT2D eigenvalue weighted by Crippen LogP contribution is 2.34. The topological polar surface area (TPSA) is 78.4 Å². The van der Waals surface area contributed by atoms with Crippen molar-refractivity contribution < 1.29 is 32.2 Å². The Morgan fingerprint density at radius 3 is 2.00 bits per heavy atom. The molecule has 0 saturated heterocycles. The zero-order chi connectivity index (χ0) is 15.3. The molecule has 0 saturated carbocycles. The molecule has 0 unspecified atom stereocenters. The van der Waals surface area contributed by atoms with E-state index in [0.29, 0.717) is 0 Å². The van der Waals surface area contributed by atoms with Gasteiger partial charge in [-0.3, -0.25) is 9.59 Å². The van der Waals surface area contributed by atoms with Gasteiger partial charge in [-0.2, -0.15) is 13.2 Å². The van der Waals surface area contributed by atoms with Gasteiger partial charge >= 0.3 is 18.1 Å². The Morgan fingerprint density at radius 2 is 1.65 bits per heavy atom. The van der Waals surface area contributed by atoms with Gasteiger partial charge in [0.05, 0.1) is 13.2 Å². The van der Waals surface area contributed by atoms with Crippen LogP contribution in [0.15, 0.2) is 0 Å². The highest BCUT2D eigenvalue weighted by Gasteiger charge is 2.40. The second kappa shape index (κ2) is 6.64. The smallest absolute Gasteiger partial charge is 0.445 e. The van der Waals surface area contributed by atoms with Crippen LogP contribution in [0.3, 0.4) is 0 Å². The summed E-state index contributed by atoms with van der Waals surface area (Å²) in [5.74, 6) is -3.69. The molecule has 0 fully saturated rings. The summed E-state index contributed by atoms with van der Waals surface area (Å²) in [4.78, 5) is 23.3. The normalized spacial score (nSPS) is 11.5. The Morgan fingerprint density at radius 1 is 1.15 bits per heavy atom. The van der Waals surface area contributed by atoms with Gasteiger partial charge in [-0.15, -0.1) is 10.2 Å². The van der Waals surface area contributed by atoms with E-state index < -0.39 is 34.0 Å². The van der Waals surface area contributed by atoms with Crippen LogP contribution in [0.5, 0.6) is 0 Å². The molecule has 0 spiro atoms. The van der Waals surface area contributed by atoms with E-state index in [1.165, 1.54) is 13.8 Å². The average molecular weight is 312 g/mol. The van der Waals surface area contributed by atoms with Crippen LogP contribution >= 0.6 is 11.3 Å². The minimum atomic E-state index is -4.69. The van der Waals surface area contributed by atoms with Gasteiger partial charge < -0.3 is 9.47 Å². The lowest BCUT2D eigenvalue weighted by atomic mass is 10.1. The standard InChI is InChI=1S/C10H11F3N2O4S/c1-3-18-7(16)5(8(17)19-4-2)6-14-15-9(20-6)10(11,12)13/h5H,3-4H2,1-2H3. The fourth-order valence-corrected chi connectivity index (χ4v) is 2.00. The van der Waals surface area contributed by atoms with Crippen molar-refractivity contribution in [3.8, 4) is 0 Å². The fourth-order valence-electron chi connectivity index (χ4n) is 1.21. The lowest BCUT2D eigenvalue weighted by molar-refractivity contribution is -0.157. The van der Waals surface area contributed by atoms with Gasteiger partial charge in [0, 0.05) is 0 Å². The third kappa shape index (κ3) is 3.89. The summed E-state index contributed by atoms with van der Waals surface area (Å²) in [5, 5.41) is 4.51. The van der Waals surface area contributed by atoms with Gasteiger partial charge in [0.25, 0.3) is 0 Å². The third-order valence-electron chi connectivity index (χ3n) is 1.97. The summed E-state index contributed by atoms with van der Waals surface area (Å²) < 4.78 is 46.6. The van der Waals surface area contributed by atoms with Crippen LogP contribution in [0.25, 0.3) is 0 Å². The molecule has 1 heterocycles. The molecule has 0 aromatic carbocycles. The predicted octanol–water partition coefficient (Wildman–Crippen LogP) is 1.77. The van der Waals surface area contributed by atoms with Crippen LogP contribution in [0.1, 0.15) is 29.8 Å². The highest BCUT2D eigenvalue weighted by molar-refractivity contribution is 7.11. The largest absolute Gasteiger partial charge is 0.465 e. The number of hydrogen-bond acceptors (Lipinski definition) is 7. The summed E-state index contributed by atoms with van der Waals surface area (Å²) >= 11 is 0.107. The minimum Gasteiger partial charge on any atom is -0.465 e. The maximum atomic E-state index is 12.4. The van der Waals surface area contributed by atoms with Crippen LogP contribution in [0.4, 0.5) is 13.2 Å². The number of nitrogens with zero attached hydrogens (tertiary/aromatic N) is 2. The van der Waals surface area contributed by atoms with E-state index in [1.807, 2.05) is 0 Å². The molecule has 0 aliphatic heterocycles. The van der Waals surface area contributed by atoms with Crippen LogP contribution in [0, 0.1) is 0 Å². The van der Waals surface area contributed by atoms with Gasteiger partial charge in [-0.1, -0.05) is 11.3 Å². The first kappa shape index (κ1) is 16.3. The van der Waals surface area contributed by atoms with Crippen molar-refractivity contribution >= 4 is 23.3 Å². The van der Waals surface area contributed by atoms with Crippen molar-refractivity contribution in [2.24, 2.45) is 0 Å². The van der Waals surface area contributed by atoms with Crippen molar-refractivity contribution in [3.05, 3.63) is 10.0 Å². The zero-order valence-corrected chi connectivity index (χ0v) is 11.4. The molecule has 0 N–H and O–H groups in total. The lowest BCUT2D eigenvalue weighted by Crippen LogP contribution is -2.26. The van der Waals surface area contributed by atoms with Crippen molar-refractivity contribution in [1.29, 1.82) is 0 Å². The maximum Gasteiger partial charge on any atom is 0.445 e. The van der Waals surface area contributed by atoms with E-state index in [0.717, 1.165) is 0 Å². The first-order valence-electron chi connectivity index (χ1n) is 5.55. The Labute approximate surface area is 115 Å². The van der Waals surface area contributed by atoms with E-state index in [9.17, 15) is 22.8 Å². The average Bonchev–Trinajstić information content (AvgIpc) is 2.79. The van der Waals surface area contributed by atoms with Gasteiger partial charge in [0.1, 0.15) is 5.01 Å². The van der Waals surface area contributed by atoms with Crippen molar-refractivity contribution in [1.82, 2.24) is 10.2 Å². The summed E-state index contributed by atoms with van der Waals surface area (Å²) in [6.07, 6.45) is -4.69. The summed E-state index contributed by atoms with van der Waals surface area (Å²) in [7, 11) is 0. The summed E-state index contributed by atoms with van der Waals surface area (Å²) in [5.41, 5.74) is 0. The second-order valence-electron chi connectivity index (χ2n) is 3.38. The quantitative estimate of drug-likeness (QED) is 0.609. The van der Waals surface area contributed by atoms with Crippen molar-refractivity contribution in [2.75, 3.05) is 13.2 Å². The lowest BCUT2D eigenvalue weighted by Gasteiger charge is -2.11. The van der Waals surface area contributed by atoms with Gasteiger partial charge in [0.15, 0.2) is 0 Å². The Hall–Kier alpha value is -1.71. The monoisotopic (exact) mass is 312 g/mol. The molecule has 1 aromatic rings. The molecule has 0 bridgehead atoms. The Kier molecular flexibility index (Phi) is 5.43. The van der Waals surface area contributed by atoms with E-state index >= 15 is 0 Å². The number of halogens is 3. The molecule has 20 heavy (non-hydrogen) atoms. The number of alkyl halides is 3. The molecule has 1 aromatic heterocycles. The Bertz CT molecular complexity index is 471. The van der Waals surface area contributed by atoms with Crippen LogP contribution < -0.4 is 0 Å². The van der Waals surface area contributed by atoms with Gasteiger partial charge in [-0.25, -0.2) is 0 Å². The van der Waals surface area contributed by atoms with Gasteiger partial charge in [-0.05, 0) is 13.8 Å². The number of ether oxygens (including phenoxy) is 2. The molecule has 0 aliphatic rings. The maximum absolute atomic E-state index is 12.4. The molecule has 1 rings (SSSR count). The highest BCUT2D eigenvalue weighted by atomic mass is 32.1. The molecular weight excluding hydrogens is 301 g/mol. The van der Waals surface area contributed by atoms with Crippen molar-refractivity contribution in [3.63, 3.8) is 0 Å². The number of aromatic nitrogens is 2. The first-order valence-corrected chi connectivity index (χ1v) is 6.36. The first-order chi connectivity index (χ1) is 9.31. The molecule has 10 heteroatoms. The van der Waals surface area contributed by atoms with E-state index in [2.05, 4.69) is 19.7 Å². The molecule has 0 atom stereocenters. The summed E-state index contributed by atoms with van der Waals surface area (Å²) in [6.45, 7) is 2.95. The predicted molar refractivity (Wildman–Crippen MR) is 60.9 cm³/mol. The van der Waals surface area contributed by atoms with E-state index in [4.69, 9.17) is 0 Å². The molecule has 0 aliphatic carbocycles. The minimum absolute atomic E-state index is 0.0281. The van der Waals surface area contributed by atoms with E-state index in [-0.39, 0.29) is 24.6 Å². The molecule has 0 amide bonds. The molecule has 6 nitrogen and oxygen atoms in total. The third-order valence-corrected chi connectivity index (χ3v) is 3.01. The van der Waals surface area contributed by atoms with Crippen LogP contribution in [-0.2, 0) is 25.2 Å². The summed E-state index contributed by atoms with van der Waals surface area (Å²) in [6, 6.07) is 0. The number of hydrogen-bond donors (Lipinski definition) is 0.